The number of likely N-dealkylation sites (tertiary alicyclic amines) is 1. The molecule has 1 aromatic carbocycles. The van der Waals surface area contributed by atoms with Crippen molar-refractivity contribution in [2.24, 2.45) is 0 Å². The van der Waals surface area contributed by atoms with Crippen LogP contribution < -0.4 is 0 Å². The van der Waals surface area contributed by atoms with Gasteiger partial charge in [0.05, 0.1) is 11.4 Å². The minimum atomic E-state index is -2.00. The number of nitrogens with zero attached hydrogens (tertiary/aromatic N) is 2. The van der Waals surface area contributed by atoms with Crippen LogP contribution in [0.15, 0.2) is 30.3 Å². The van der Waals surface area contributed by atoms with Gasteiger partial charge >= 0.3 is 6.09 Å². The van der Waals surface area contributed by atoms with Crippen LogP contribution in [0.1, 0.15) is 44.1 Å². The lowest BCUT2D eigenvalue weighted by molar-refractivity contribution is -0.146. The molecule has 0 aromatic heterocycles. The number of alkyl halides is 1. The Hall–Kier alpha value is -1.76. The highest BCUT2D eigenvalue weighted by Crippen LogP contribution is 2.48. The Labute approximate surface area is 169 Å². The molecule has 1 saturated carbocycles. The third kappa shape index (κ3) is 3.73. The molecule has 7 heteroatoms. The standard InChI is InChI=1S/C21H27FN2O3S/c22-20(18(25)24-13-14-28-21(24)9-5-2-6-10-21)11-12-23(16-20)19(26)27-15-17-7-3-1-4-8-17/h1,3-4,7-8H,2,5-6,9-16H2. The van der Waals surface area contributed by atoms with Gasteiger partial charge in [-0.25, -0.2) is 9.18 Å². The third-order valence-corrected chi connectivity index (χ3v) is 7.68. The van der Waals surface area contributed by atoms with E-state index in [-0.39, 0.29) is 31.0 Å². The van der Waals surface area contributed by atoms with Crippen molar-refractivity contribution in [1.29, 1.82) is 0 Å². The molecule has 28 heavy (non-hydrogen) atoms. The number of carbonyl (C=O) groups excluding carboxylic acids is 2. The van der Waals surface area contributed by atoms with Crippen LogP contribution >= 0.6 is 11.8 Å². The first kappa shape index (κ1) is 19.6. The molecule has 2 heterocycles. The van der Waals surface area contributed by atoms with Crippen LogP contribution in [0, 0.1) is 0 Å². The molecule has 0 bridgehead atoms. The Bertz CT molecular complexity index is 726. The molecule has 1 aromatic rings. The molecular weight excluding hydrogens is 379 g/mol. The zero-order chi connectivity index (χ0) is 19.6. The first-order valence-electron chi connectivity index (χ1n) is 10.1. The van der Waals surface area contributed by atoms with E-state index in [9.17, 15) is 9.59 Å². The SMILES string of the molecule is O=C(OCc1ccccc1)N1CCC(F)(C(=O)N2CCSC23CCCCC3)C1. The molecule has 0 N–H and O–H groups in total. The Balaban J connectivity index is 1.37. The van der Waals surface area contributed by atoms with E-state index in [1.54, 1.807) is 16.7 Å². The fourth-order valence-electron chi connectivity index (χ4n) is 4.57. The van der Waals surface area contributed by atoms with Gasteiger partial charge in [-0.15, -0.1) is 11.8 Å². The number of halogens is 1. The Morgan fingerprint density at radius 2 is 1.82 bits per heavy atom. The average Bonchev–Trinajstić information content (AvgIpc) is 3.32. The number of rotatable bonds is 3. The molecule has 2 aliphatic heterocycles. The van der Waals surface area contributed by atoms with E-state index in [1.165, 1.54) is 11.3 Å². The van der Waals surface area contributed by atoms with Crippen molar-refractivity contribution in [3.8, 4) is 0 Å². The van der Waals surface area contributed by atoms with E-state index in [2.05, 4.69) is 0 Å². The van der Waals surface area contributed by atoms with Gasteiger partial charge in [-0.05, 0) is 18.4 Å². The molecule has 1 atom stereocenters. The maximum Gasteiger partial charge on any atom is 0.410 e. The second kappa shape index (κ2) is 7.93. The van der Waals surface area contributed by atoms with Gasteiger partial charge in [0.25, 0.3) is 5.91 Å². The van der Waals surface area contributed by atoms with Crippen LogP contribution in [-0.2, 0) is 16.1 Å². The first-order valence-corrected chi connectivity index (χ1v) is 11.1. The van der Waals surface area contributed by atoms with Gasteiger partial charge in [0.15, 0.2) is 0 Å². The molecule has 1 spiro atoms. The topological polar surface area (TPSA) is 49.9 Å². The molecule has 3 fully saturated rings. The number of ether oxygens (including phenoxy) is 1. The van der Waals surface area contributed by atoms with Gasteiger partial charge in [-0.2, -0.15) is 0 Å². The number of thioether (sulfide) groups is 1. The summed E-state index contributed by atoms with van der Waals surface area (Å²) >= 11 is 1.81. The molecule has 5 nitrogen and oxygen atoms in total. The van der Waals surface area contributed by atoms with Crippen molar-refractivity contribution in [2.45, 2.75) is 55.7 Å². The molecule has 2 amide bonds. The Morgan fingerprint density at radius 3 is 2.57 bits per heavy atom. The van der Waals surface area contributed by atoms with Crippen LogP contribution in [0.25, 0.3) is 0 Å². The van der Waals surface area contributed by atoms with Crippen molar-refractivity contribution in [3.63, 3.8) is 0 Å². The van der Waals surface area contributed by atoms with Gasteiger partial charge in [-0.3, -0.25) is 4.79 Å². The van der Waals surface area contributed by atoms with E-state index < -0.39 is 17.7 Å². The predicted octanol–water partition coefficient (Wildman–Crippen LogP) is 3.97. The highest BCUT2D eigenvalue weighted by atomic mass is 32.2. The van der Waals surface area contributed by atoms with Crippen LogP contribution in [-0.4, -0.2) is 57.7 Å². The summed E-state index contributed by atoms with van der Waals surface area (Å²) in [6, 6.07) is 9.38. The van der Waals surface area contributed by atoms with Crippen molar-refractivity contribution in [1.82, 2.24) is 9.80 Å². The van der Waals surface area contributed by atoms with Crippen molar-refractivity contribution in [3.05, 3.63) is 35.9 Å². The highest BCUT2D eigenvalue weighted by Gasteiger charge is 2.54. The summed E-state index contributed by atoms with van der Waals surface area (Å²) in [4.78, 5) is 28.4. The minimum Gasteiger partial charge on any atom is -0.445 e. The molecule has 1 unspecified atom stereocenters. The monoisotopic (exact) mass is 406 g/mol. The second-order valence-electron chi connectivity index (χ2n) is 7.99. The summed E-state index contributed by atoms with van der Waals surface area (Å²) in [6.07, 6.45) is 4.75. The smallest absolute Gasteiger partial charge is 0.410 e. The first-order chi connectivity index (χ1) is 13.5. The lowest BCUT2D eigenvalue weighted by Crippen LogP contribution is -2.55. The van der Waals surface area contributed by atoms with E-state index in [4.69, 9.17) is 4.74 Å². The predicted molar refractivity (Wildman–Crippen MR) is 107 cm³/mol. The number of hydrogen-bond acceptors (Lipinski definition) is 4. The van der Waals surface area contributed by atoms with E-state index in [0.29, 0.717) is 6.54 Å². The fraction of sp³-hybridized carbons (Fsp3) is 0.619. The number of benzene rings is 1. The molecule has 1 aliphatic carbocycles. The van der Waals surface area contributed by atoms with Crippen LogP contribution in [0.3, 0.4) is 0 Å². The average molecular weight is 407 g/mol. The normalized spacial score (nSPS) is 26.6. The summed E-state index contributed by atoms with van der Waals surface area (Å²) in [5, 5.41) is 0. The van der Waals surface area contributed by atoms with Crippen LogP contribution in [0.4, 0.5) is 9.18 Å². The summed E-state index contributed by atoms with van der Waals surface area (Å²) in [6.45, 7) is 0.753. The van der Waals surface area contributed by atoms with Crippen LogP contribution in [0.5, 0.6) is 0 Å². The van der Waals surface area contributed by atoms with Crippen LogP contribution in [0.2, 0.25) is 0 Å². The zero-order valence-electron chi connectivity index (χ0n) is 16.1. The molecule has 2 saturated heterocycles. The van der Waals surface area contributed by atoms with E-state index in [0.717, 1.165) is 37.0 Å². The van der Waals surface area contributed by atoms with E-state index in [1.807, 2.05) is 30.3 Å². The minimum absolute atomic E-state index is 0.0452. The number of hydrogen-bond donors (Lipinski definition) is 0. The molecule has 4 rings (SSSR count). The Kier molecular flexibility index (Phi) is 5.54. The Morgan fingerprint density at radius 1 is 1.07 bits per heavy atom. The summed E-state index contributed by atoms with van der Waals surface area (Å²) in [5.74, 6) is 0.433. The van der Waals surface area contributed by atoms with Gasteiger partial charge < -0.3 is 14.5 Å². The largest absolute Gasteiger partial charge is 0.445 e. The lowest BCUT2D eigenvalue weighted by Gasteiger charge is -2.42. The molecule has 152 valence electrons. The molecular formula is C21H27FN2O3S. The van der Waals surface area contributed by atoms with E-state index >= 15 is 4.39 Å². The van der Waals surface area contributed by atoms with Gasteiger partial charge in [0.1, 0.15) is 6.61 Å². The second-order valence-corrected chi connectivity index (χ2v) is 9.45. The van der Waals surface area contributed by atoms with Crippen molar-refractivity contribution < 1.29 is 18.7 Å². The third-order valence-electron chi connectivity index (χ3n) is 6.12. The maximum atomic E-state index is 15.6. The zero-order valence-corrected chi connectivity index (χ0v) is 16.9. The summed E-state index contributed by atoms with van der Waals surface area (Å²) in [7, 11) is 0. The van der Waals surface area contributed by atoms with Crippen molar-refractivity contribution in [2.75, 3.05) is 25.4 Å². The van der Waals surface area contributed by atoms with Crippen molar-refractivity contribution >= 4 is 23.8 Å². The highest BCUT2D eigenvalue weighted by molar-refractivity contribution is 8.00. The molecule has 3 aliphatic rings. The lowest BCUT2D eigenvalue weighted by atomic mass is 9.91. The quantitative estimate of drug-likeness (QED) is 0.762. The van der Waals surface area contributed by atoms with Gasteiger partial charge in [-0.1, -0.05) is 49.6 Å². The number of amides is 2. The summed E-state index contributed by atoms with van der Waals surface area (Å²) < 4.78 is 20.9. The maximum absolute atomic E-state index is 15.6. The summed E-state index contributed by atoms with van der Waals surface area (Å²) in [5.41, 5.74) is -1.12. The fourth-order valence-corrected chi connectivity index (χ4v) is 6.13. The number of carbonyl (C=O) groups is 2. The van der Waals surface area contributed by atoms with Gasteiger partial charge in [0, 0.05) is 25.3 Å². The molecule has 0 radical (unpaired) electrons. The van der Waals surface area contributed by atoms with Gasteiger partial charge in [0.2, 0.25) is 5.67 Å².